The van der Waals surface area contributed by atoms with Crippen LogP contribution in [0.3, 0.4) is 0 Å². The Kier molecular flexibility index (Phi) is 6.78. The molecule has 1 aliphatic heterocycles. The molecule has 180 valence electrons. The van der Waals surface area contributed by atoms with Gasteiger partial charge in [-0.05, 0) is 47.4 Å². The number of carbonyl (C=O) groups is 2. The summed E-state index contributed by atoms with van der Waals surface area (Å²) >= 11 is 0. The van der Waals surface area contributed by atoms with Gasteiger partial charge in [-0.25, -0.2) is 4.79 Å². The van der Waals surface area contributed by atoms with Gasteiger partial charge in [-0.2, -0.15) is 0 Å². The number of carbonyl (C=O) groups excluding carboxylic acids is 2. The van der Waals surface area contributed by atoms with E-state index >= 15 is 0 Å². The first-order valence-corrected chi connectivity index (χ1v) is 11.0. The molecule has 4 rings (SSSR count). The Morgan fingerprint density at radius 3 is 2.11 bits per heavy atom. The van der Waals surface area contributed by atoms with E-state index in [-0.39, 0.29) is 22.9 Å². The van der Waals surface area contributed by atoms with Crippen LogP contribution in [0.2, 0.25) is 0 Å². The van der Waals surface area contributed by atoms with Crippen molar-refractivity contribution < 1.29 is 33.3 Å². The summed E-state index contributed by atoms with van der Waals surface area (Å²) in [5.74, 6) is 1.37. The molecule has 3 aromatic carbocycles. The first-order valence-electron chi connectivity index (χ1n) is 11.0. The van der Waals surface area contributed by atoms with E-state index in [0.29, 0.717) is 34.5 Å². The molecule has 0 fully saturated rings. The molecule has 0 spiro atoms. The highest BCUT2D eigenvalue weighted by atomic mass is 16.5. The smallest absolute Gasteiger partial charge is 0.343 e. The van der Waals surface area contributed by atoms with Crippen molar-refractivity contribution in [2.75, 3.05) is 21.3 Å². The van der Waals surface area contributed by atoms with Gasteiger partial charge in [0, 0.05) is 6.07 Å². The number of ether oxygens (including phenoxy) is 5. The number of benzene rings is 3. The van der Waals surface area contributed by atoms with E-state index in [1.54, 1.807) is 18.2 Å². The highest BCUT2D eigenvalue weighted by Gasteiger charge is 2.28. The number of hydrogen-bond acceptors (Lipinski definition) is 7. The topological polar surface area (TPSA) is 80.3 Å². The van der Waals surface area contributed by atoms with Crippen molar-refractivity contribution in [3.05, 3.63) is 82.6 Å². The lowest BCUT2D eigenvalue weighted by Crippen LogP contribution is -2.09. The molecule has 0 saturated carbocycles. The Morgan fingerprint density at radius 2 is 1.54 bits per heavy atom. The second-order valence-corrected chi connectivity index (χ2v) is 8.22. The van der Waals surface area contributed by atoms with E-state index in [1.165, 1.54) is 45.1 Å². The molecule has 1 heterocycles. The molecule has 7 heteroatoms. The van der Waals surface area contributed by atoms with E-state index in [1.807, 2.05) is 24.3 Å². The van der Waals surface area contributed by atoms with Gasteiger partial charge in [-0.1, -0.05) is 38.1 Å². The van der Waals surface area contributed by atoms with Crippen LogP contribution in [-0.2, 0) is 0 Å². The van der Waals surface area contributed by atoms with Gasteiger partial charge in [0.25, 0.3) is 0 Å². The Hall–Kier alpha value is -4.26. The predicted octanol–water partition coefficient (Wildman–Crippen LogP) is 5.67. The summed E-state index contributed by atoms with van der Waals surface area (Å²) in [6.45, 7) is 4.25. The van der Waals surface area contributed by atoms with Crippen LogP contribution in [0, 0.1) is 0 Å². The summed E-state index contributed by atoms with van der Waals surface area (Å²) in [6.07, 6.45) is 1.70. The zero-order valence-electron chi connectivity index (χ0n) is 20.2. The number of allylic oxidation sites excluding steroid dienone is 1. The van der Waals surface area contributed by atoms with Crippen molar-refractivity contribution in [1.82, 2.24) is 0 Å². The van der Waals surface area contributed by atoms with Crippen LogP contribution in [0.15, 0.2) is 60.4 Å². The van der Waals surface area contributed by atoms with E-state index in [9.17, 15) is 9.59 Å². The van der Waals surface area contributed by atoms with Crippen LogP contribution < -0.4 is 23.7 Å². The lowest BCUT2D eigenvalue weighted by atomic mass is 10.0. The zero-order valence-corrected chi connectivity index (χ0v) is 20.2. The Labute approximate surface area is 203 Å². The zero-order chi connectivity index (χ0) is 25.1. The molecule has 0 N–H and O–H groups in total. The fraction of sp³-hybridized carbons (Fsp3) is 0.214. The first kappa shape index (κ1) is 23.9. The molecular formula is C28H26O7. The van der Waals surface area contributed by atoms with Crippen molar-refractivity contribution in [1.29, 1.82) is 0 Å². The minimum absolute atomic E-state index is 0.211. The highest BCUT2D eigenvalue weighted by Crippen LogP contribution is 2.39. The van der Waals surface area contributed by atoms with Crippen LogP contribution in [0.4, 0.5) is 0 Å². The molecule has 3 aromatic rings. The van der Waals surface area contributed by atoms with E-state index in [4.69, 9.17) is 23.7 Å². The van der Waals surface area contributed by atoms with E-state index in [0.717, 1.165) is 5.56 Å². The number of hydrogen-bond donors (Lipinski definition) is 0. The van der Waals surface area contributed by atoms with Crippen molar-refractivity contribution in [3.8, 4) is 28.7 Å². The predicted molar refractivity (Wildman–Crippen MR) is 131 cm³/mol. The monoisotopic (exact) mass is 474 g/mol. The SMILES string of the molecule is COc1cc(C(=O)Oc2ccc3c(c2)O/C(=C\c2ccc(C(C)C)cc2)C3=O)cc(OC)c1OC. The summed E-state index contributed by atoms with van der Waals surface area (Å²) in [4.78, 5) is 25.6. The third-order valence-corrected chi connectivity index (χ3v) is 5.65. The summed E-state index contributed by atoms with van der Waals surface area (Å²) in [7, 11) is 4.41. The molecule has 0 unspecified atom stereocenters. The van der Waals surface area contributed by atoms with Gasteiger partial charge in [-0.15, -0.1) is 0 Å². The maximum atomic E-state index is 12.8. The Balaban J connectivity index is 1.54. The third-order valence-electron chi connectivity index (χ3n) is 5.65. The van der Waals surface area contributed by atoms with Gasteiger partial charge < -0.3 is 23.7 Å². The Morgan fingerprint density at radius 1 is 0.886 bits per heavy atom. The van der Waals surface area contributed by atoms with Gasteiger partial charge >= 0.3 is 5.97 Å². The van der Waals surface area contributed by atoms with Crippen LogP contribution in [0.5, 0.6) is 28.7 Å². The normalized spacial score (nSPS) is 13.4. The molecule has 35 heavy (non-hydrogen) atoms. The molecular weight excluding hydrogens is 448 g/mol. The van der Waals surface area contributed by atoms with E-state index in [2.05, 4.69) is 13.8 Å². The van der Waals surface area contributed by atoms with Crippen LogP contribution in [0.1, 0.15) is 51.6 Å². The van der Waals surface area contributed by atoms with Crippen LogP contribution >= 0.6 is 0 Å². The van der Waals surface area contributed by atoms with Gasteiger partial charge in [0.2, 0.25) is 11.5 Å². The second-order valence-electron chi connectivity index (χ2n) is 8.22. The summed E-state index contributed by atoms with van der Waals surface area (Å²) in [5.41, 5.74) is 2.69. The number of methoxy groups -OCH3 is 3. The van der Waals surface area contributed by atoms with E-state index < -0.39 is 5.97 Å². The molecule has 0 atom stereocenters. The quantitative estimate of drug-likeness (QED) is 0.248. The first-order chi connectivity index (χ1) is 16.8. The summed E-state index contributed by atoms with van der Waals surface area (Å²) in [6, 6.07) is 15.6. The van der Waals surface area contributed by atoms with Gasteiger partial charge in [0.15, 0.2) is 17.3 Å². The molecule has 0 amide bonds. The lowest BCUT2D eigenvalue weighted by molar-refractivity contribution is 0.0733. The molecule has 0 saturated heterocycles. The molecule has 0 bridgehead atoms. The molecule has 0 radical (unpaired) electrons. The number of esters is 1. The van der Waals surface area contributed by atoms with Crippen LogP contribution in [-0.4, -0.2) is 33.1 Å². The fourth-order valence-corrected chi connectivity index (χ4v) is 3.72. The molecule has 0 aliphatic carbocycles. The third kappa shape index (κ3) is 4.84. The summed E-state index contributed by atoms with van der Waals surface area (Å²) < 4.78 is 27.2. The second kappa shape index (κ2) is 9.93. The van der Waals surface area contributed by atoms with Crippen LogP contribution in [0.25, 0.3) is 6.08 Å². The maximum absolute atomic E-state index is 12.8. The van der Waals surface area contributed by atoms with Crippen molar-refractivity contribution >= 4 is 17.8 Å². The molecule has 7 nitrogen and oxygen atoms in total. The Bertz CT molecular complexity index is 1280. The van der Waals surface area contributed by atoms with Gasteiger partial charge in [0.05, 0.1) is 32.5 Å². The molecule has 1 aliphatic rings. The number of rotatable bonds is 7. The van der Waals surface area contributed by atoms with Crippen molar-refractivity contribution in [3.63, 3.8) is 0 Å². The average molecular weight is 475 g/mol. The minimum atomic E-state index is -0.630. The number of ketones is 1. The standard InChI is InChI=1S/C28H26O7/c1-16(2)18-8-6-17(7-9-18)12-23-26(29)21-11-10-20(15-22(21)35-23)34-28(30)19-13-24(31-3)27(33-5)25(14-19)32-4/h6-16H,1-5H3/b23-12-. The fourth-order valence-electron chi connectivity index (χ4n) is 3.72. The molecule has 0 aromatic heterocycles. The summed E-state index contributed by atoms with van der Waals surface area (Å²) in [5, 5.41) is 0. The average Bonchev–Trinajstić information content (AvgIpc) is 3.17. The van der Waals surface area contributed by atoms with Crippen molar-refractivity contribution in [2.24, 2.45) is 0 Å². The largest absolute Gasteiger partial charge is 0.493 e. The van der Waals surface area contributed by atoms with Gasteiger partial charge in [-0.3, -0.25) is 4.79 Å². The number of fused-ring (bicyclic) bond motifs is 1. The lowest BCUT2D eigenvalue weighted by Gasteiger charge is -2.13. The highest BCUT2D eigenvalue weighted by molar-refractivity contribution is 6.14. The minimum Gasteiger partial charge on any atom is -0.493 e. The van der Waals surface area contributed by atoms with Crippen molar-refractivity contribution in [2.45, 2.75) is 19.8 Å². The number of Topliss-reactive ketones (excluding diaryl/α,β-unsaturated/α-hetero) is 1. The maximum Gasteiger partial charge on any atom is 0.343 e. The van der Waals surface area contributed by atoms with Gasteiger partial charge in [0.1, 0.15) is 11.5 Å².